The zero-order valence-corrected chi connectivity index (χ0v) is 11.0. The number of nitrogens with two attached hydrogens (primary N) is 1. The second-order valence-corrected chi connectivity index (χ2v) is 5.06. The number of likely N-dealkylation sites (N-methyl/N-ethyl adjacent to an activating group) is 1. The van der Waals surface area contributed by atoms with Crippen LogP contribution in [-0.4, -0.2) is 30.4 Å². The second kappa shape index (κ2) is 5.24. The topological polar surface area (TPSA) is 46.3 Å². The van der Waals surface area contributed by atoms with Gasteiger partial charge in [-0.3, -0.25) is 4.79 Å². The molecular formula is C13H16ClFN2O. The molecule has 1 atom stereocenters. The Bertz CT molecular complexity index is 442. The van der Waals surface area contributed by atoms with E-state index in [0.717, 1.165) is 12.8 Å². The number of benzene rings is 1. The van der Waals surface area contributed by atoms with Gasteiger partial charge >= 0.3 is 0 Å². The van der Waals surface area contributed by atoms with Crippen molar-refractivity contribution in [3.63, 3.8) is 0 Å². The van der Waals surface area contributed by atoms with Crippen molar-refractivity contribution in [1.29, 1.82) is 0 Å². The minimum atomic E-state index is -0.592. The third-order valence-corrected chi connectivity index (χ3v) is 3.72. The first kappa shape index (κ1) is 13.3. The maximum absolute atomic E-state index is 13.7. The van der Waals surface area contributed by atoms with Crippen molar-refractivity contribution in [3.8, 4) is 0 Å². The number of amides is 1. The Kier molecular flexibility index (Phi) is 3.88. The van der Waals surface area contributed by atoms with Gasteiger partial charge in [0.2, 0.25) is 0 Å². The molecule has 1 amide bonds. The smallest absolute Gasteiger partial charge is 0.258 e. The van der Waals surface area contributed by atoms with Crippen molar-refractivity contribution in [2.75, 3.05) is 13.6 Å². The summed E-state index contributed by atoms with van der Waals surface area (Å²) in [6.07, 6.45) is 2.15. The monoisotopic (exact) mass is 270 g/mol. The highest BCUT2D eigenvalue weighted by atomic mass is 35.5. The molecule has 2 N–H and O–H groups in total. The molecule has 0 aliphatic heterocycles. The summed E-state index contributed by atoms with van der Waals surface area (Å²) >= 11 is 5.89. The molecule has 0 heterocycles. The summed E-state index contributed by atoms with van der Waals surface area (Å²) in [7, 11) is 1.65. The highest BCUT2D eigenvalue weighted by Crippen LogP contribution is 2.35. The lowest BCUT2D eigenvalue weighted by Crippen LogP contribution is -2.43. The minimum absolute atomic E-state index is 0.0341. The quantitative estimate of drug-likeness (QED) is 0.912. The molecule has 0 aromatic heterocycles. The molecule has 1 aromatic rings. The number of carbonyl (C=O) groups is 1. The summed E-state index contributed by atoms with van der Waals surface area (Å²) in [5.41, 5.74) is 5.62. The average Bonchev–Trinajstić information content (AvgIpc) is 3.14. The number of carbonyl (C=O) groups excluding carboxylic acids is 1. The van der Waals surface area contributed by atoms with E-state index < -0.39 is 11.7 Å². The van der Waals surface area contributed by atoms with Crippen LogP contribution in [-0.2, 0) is 0 Å². The van der Waals surface area contributed by atoms with E-state index in [4.69, 9.17) is 17.3 Å². The Labute approximate surface area is 111 Å². The summed E-state index contributed by atoms with van der Waals surface area (Å²) in [5, 5.41) is 0.137. The molecule has 2 rings (SSSR count). The minimum Gasteiger partial charge on any atom is -0.337 e. The molecule has 0 bridgehead atoms. The lowest BCUT2D eigenvalue weighted by Gasteiger charge is -2.27. The van der Waals surface area contributed by atoms with E-state index in [1.165, 1.54) is 23.1 Å². The van der Waals surface area contributed by atoms with Gasteiger partial charge in [-0.2, -0.15) is 0 Å². The van der Waals surface area contributed by atoms with Crippen LogP contribution >= 0.6 is 11.6 Å². The molecule has 1 aliphatic rings. The van der Waals surface area contributed by atoms with Gasteiger partial charge in [0.15, 0.2) is 0 Å². The van der Waals surface area contributed by atoms with Gasteiger partial charge in [-0.05, 0) is 30.9 Å². The van der Waals surface area contributed by atoms with Crippen LogP contribution in [0.15, 0.2) is 18.2 Å². The Hall–Kier alpha value is -1.13. The predicted octanol–water partition coefficient (Wildman–Crippen LogP) is 2.29. The Morgan fingerprint density at radius 2 is 2.28 bits per heavy atom. The number of hydrogen-bond acceptors (Lipinski definition) is 2. The van der Waals surface area contributed by atoms with Crippen LogP contribution < -0.4 is 5.73 Å². The first-order valence-electron chi connectivity index (χ1n) is 5.97. The SMILES string of the molecule is CN(C(=O)c1c(F)cccc1Cl)C(CN)C1CC1. The number of rotatable bonds is 4. The fourth-order valence-corrected chi connectivity index (χ4v) is 2.42. The van der Waals surface area contributed by atoms with Crippen LogP contribution in [0.4, 0.5) is 4.39 Å². The number of nitrogens with zero attached hydrogens (tertiary/aromatic N) is 1. The fourth-order valence-electron chi connectivity index (χ4n) is 2.18. The van der Waals surface area contributed by atoms with Gasteiger partial charge in [-0.25, -0.2) is 4.39 Å². The first-order chi connectivity index (χ1) is 8.56. The van der Waals surface area contributed by atoms with Gasteiger partial charge < -0.3 is 10.6 Å². The van der Waals surface area contributed by atoms with Crippen molar-refractivity contribution in [2.45, 2.75) is 18.9 Å². The number of hydrogen-bond donors (Lipinski definition) is 1. The van der Waals surface area contributed by atoms with E-state index >= 15 is 0 Å². The molecule has 0 spiro atoms. The van der Waals surface area contributed by atoms with E-state index in [1.54, 1.807) is 7.05 Å². The van der Waals surface area contributed by atoms with Gasteiger partial charge in [-0.1, -0.05) is 17.7 Å². The molecule has 98 valence electrons. The predicted molar refractivity (Wildman–Crippen MR) is 69.1 cm³/mol. The Balaban J connectivity index is 2.24. The fraction of sp³-hybridized carbons (Fsp3) is 0.462. The third kappa shape index (κ3) is 2.49. The lowest BCUT2D eigenvalue weighted by atomic mass is 10.1. The number of halogens is 2. The van der Waals surface area contributed by atoms with Crippen LogP contribution in [0.3, 0.4) is 0 Å². The molecular weight excluding hydrogens is 255 g/mol. The molecule has 18 heavy (non-hydrogen) atoms. The van der Waals surface area contributed by atoms with Gasteiger partial charge in [0.25, 0.3) is 5.91 Å². The molecule has 0 radical (unpaired) electrons. The van der Waals surface area contributed by atoms with Gasteiger partial charge in [0.1, 0.15) is 5.82 Å². The summed E-state index contributed by atoms with van der Waals surface area (Å²) in [5.74, 6) is -0.555. The molecule has 1 aliphatic carbocycles. The van der Waals surface area contributed by atoms with Crippen molar-refractivity contribution in [1.82, 2.24) is 4.90 Å². The van der Waals surface area contributed by atoms with Gasteiger partial charge in [0, 0.05) is 19.6 Å². The standard InChI is InChI=1S/C13H16ClFN2O/c1-17(11(7-16)8-5-6-8)13(18)12-9(14)3-2-4-10(12)15/h2-4,8,11H,5-7,16H2,1H3. The summed E-state index contributed by atoms with van der Waals surface area (Å²) in [6.45, 7) is 0.388. The molecule has 1 aromatic carbocycles. The van der Waals surface area contributed by atoms with Crippen LogP contribution in [0.2, 0.25) is 5.02 Å². The summed E-state index contributed by atoms with van der Waals surface area (Å²) in [6, 6.07) is 4.20. The lowest BCUT2D eigenvalue weighted by molar-refractivity contribution is 0.0714. The summed E-state index contributed by atoms with van der Waals surface area (Å²) < 4.78 is 13.7. The maximum atomic E-state index is 13.7. The second-order valence-electron chi connectivity index (χ2n) is 4.65. The van der Waals surface area contributed by atoms with E-state index in [2.05, 4.69) is 0 Å². The highest BCUT2D eigenvalue weighted by Gasteiger charge is 2.36. The molecule has 1 unspecified atom stereocenters. The van der Waals surface area contributed by atoms with Crippen molar-refractivity contribution in [3.05, 3.63) is 34.6 Å². The molecule has 5 heteroatoms. The Morgan fingerprint density at radius 1 is 1.61 bits per heavy atom. The van der Waals surface area contributed by atoms with Gasteiger partial charge in [-0.15, -0.1) is 0 Å². The van der Waals surface area contributed by atoms with E-state index in [-0.39, 0.29) is 16.6 Å². The largest absolute Gasteiger partial charge is 0.337 e. The molecule has 1 saturated carbocycles. The highest BCUT2D eigenvalue weighted by molar-refractivity contribution is 6.33. The van der Waals surface area contributed by atoms with E-state index in [9.17, 15) is 9.18 Å². The van der Waals surface area contributed by atoms with Crippen LogP contribution in [0.25, 0.3) is 0 Å². The van der Waals surface area contributed by atoms with Gasteiger partial charge in [0.05, 0.1) is 10.6 Å². The molecule has 3 nitrogen and oxygen atoms in total. The van der Waals surface area contributed by atoms with Crippen LogP contribution in [0.1, 0.15) is 23.2 Å². The van der Waals surface area contributed by atoms with E-state index in [1.807, 2.05) is 0 Å². The maximum Gasteiger partial charge on any atom is 0.258 e. The average molecular weight is 271 g/mol. The van der Waals surface area contributed by atoms with Crippen LogP contribution in [0, 0.1) is 11.7 Å². The molecule has 1 fully saturated rings. The van der Waals surface area contributed by atoms with E-state index in [0.29, 0.717) is 12.5 Å². The zero-order valence-electron chi connectivity index (χ0n) is 10.2. The van der Waals surface area contributed by atoms with Crippen molar-refractivity contribution in [2.24, 2.45) is 11.7 Å². The normalized spacial score (nSPS) is 16.4. The first-order valence-corrected chi connectivity index (χ1v) is 6.35. The zero-order chi connectivity index (χ0) is 13.3. The molecule has 0 saturated heterocycles. The Morgan fingerprint density at radius 3 is 2.78 bits per heavy atom. The summed E-state index contributed by atoms with van der Waals surface area (Å²) in [4.78, 5) is 13.8. The third-order valence-electron chi connectivity index (χ3n) is 3.40. The van der Waals surface area contributed by atoms with Crippen molar-refractivity contribution >= 4 is 17.5 Å². The van der Waals surface area contributed by atoms with Crippen LogP contribution in [0.5, 0.6) is 0 Å². The van der Waals surface area contributed by atoms with Crippen molar-refractivity contribution < 1.29 is 9.18 Å².